The Bertz CT molecular complexity index is 260. The lowest BCUT2D eigenvalue weighted by Gasteiger charge is -2.47. The molecule has 18 heavy (non-hydrogen) atoms. The van der Waals surface area contributed by atoms with Gasteiger partial charge in [-0.2, -0.15) is 0 Å². The van der Waals surface area contributed by atoms with Crippen molar-refractivity contribution in [3.63, 3.8) is 0 Å². The maximum Gasteiger partial charge on any atom is 0.0831 e. The van der Waals surface area contributed by atoms with Gasteiger partial charge in [-0.15, -0.1) is 0 Å². The van der Waals surface area contributed by atoms with Crippen LogP contribution in [-0.4, -0.2) is 25.8 Å². The highest BCUT2D eigenvalue weighted by atomic mass is 16.5. The fourth-order valence-electron chi connectivity index (χ4n) is 3.52. The molecule has 2 fully saturated rings. The van der Waals surface area contributed by atoms with E-state index in [1.807, 2.05) is 7.11 Å². The van der Waals surface area contributed by atoms with Gasteiger partial charge < -0.3 is 10.1 Å². The van der Waals surface area contributed by atoms with Gasteiger partial charge in [-0.3, -0.25) is 0 Å². The van der Waals surface area contributed by atoms with E-state index in [4.69, 9.17) is 4.74 Å². The van der Waals surface area contributed by atoms with Crippen molar-refractivity contribution in [3.8, 4) is 0 Å². The fourth-order valence-corrected chi connectivity index (χ4v) is 3.52. The van der Waals surface area contributed by atoms with E-state index in [-0.39, 0.29) is 5.60 Å². The zero-order chi connectivity index (χ0) is 13.2. The number of nitrogens with one attached hydrogen (secondary N) is 1. The lowest BCUT2D eigenvalue weighted by atomic mass is 9.67. The van der Waals surface area contributed by atoms with Gasteiger partial charge in [0.05, 0.1) is 5.60 Å². The molecule has 0 spiro atoms. The molecule has 2 nitrogen and oxygen atoms in total. The Kier molecular flexibility index (Phi) is 4.38. The highest BCUT2D eigenvalue weighted by Crippen LogP contribution is 2.45. The third kappa shape index (κ3) is 3.27. The van der Waals surface area contributed by atoms with Gasteiger partial charge in [0.1, 0.15) is 0 Å². The molecule has 0 aliphatic heterocycles. The Morgan fingerprint density at radius 1 is 1.17 bits per heavy atom. The first-order chi connectivity index (χ1) is 8.51. The molecule has 1 N–H and O–H groups in total. The molecular formula is C16H31NO. The van der Waals surface area contributed by atoms with Crippen molar-refractivity contribution in [3.05, 3.63) is 0 Å². The van der Waals surface area contributed by atoms with Gasteiger partial charge in [0.15, 0.2) is 0 Å². The zero-order valence-corrected chi connectivity index (χ0v) is 12.7. The molecule has 1 atom stereocenters. The van der Waals surface area contributed by atoms with E-state index >= 15 is 0 Å². The number of rotatable bonds is 6. The Balaban J connectivity index is 1.95. The number of ether oxygens (including phenoxy) is 1. The summed E-state index contributed by atoms with van der Waals surface area (Å²) in [6.07, 6.45) is 10.6. The largest absolute Gasteiger partial charge is 0.377 e. The van der Waals surface area contributed by atoms with E-state index in [2.05, 4.69) is 26.2 Å². The van der Waals surface area contributed by atoms with Crippen LogP contribution >= 0.6 is 0 Å². The average molecular weight is 253 g/mol. The first-order valence-electron chi connectivity index (χ1n) is 7.74. The zero-order valence-electron chi connectivity index (χ0n) is 12.7. The van der Waals surface area contributed by atoms with Crippen LogP contribution in [0.3, 0.4) is 0 Å². The summed E-state index contributed by atoms with van der Waals surface area (Å²) < 4.78 is 6.02. The second-order valence-corrected chi connectivity index (χ2v) is 7.30. The van der Waals surface area contributed by atoms with E-state index in [0.29, 0.717) is 11.5 Å². The molecule has 106 valence electrons. The van der Waals surface area contributed by atoms with Crippen LogP contribution in [-0.2, 0) is 4.74 Å². The third-order valence-electron chi connectivity index (χ3n) is 5.40. The lowest BCUT2D eigenvalue weighted by molar-refractivity contribution is -0.0869. The van der Waals surface area contributed by atoms with Crippen LogP contribution in [0.25, 0.3) is 0 Å². The summed E-state index contributed by atoms with van der Waals surface area (Å²) >= 11 is 0. The second-order valence-electron chi connectivity index (χ2n) is 7.30. The summed E-state index contributed by atoms with van der Waals surface area (Å²) in [7, 11) is 4.03. The van der Waals surface area contributed by atoms with Crippen LogP contribution in [0.4, 0.5) is 0 Å². The van der Waals surface area contributed by atoms with Gasteiger partial charge in [-0.05, 0) is 56.9 Å². The lowest BCUT2D eigenvalue weighted by Crippen LogP contribution is -2.53. The molecule has 2 heteroatoms. The number of hydrogen-bond donors (Lipinski definition) is 1. The normalized spacial score (nSPS) is 28.0. The molecule has 0 amide bonds. The minimum atomic E-state index is 0.0964. The van der Waals surface area contributed by atoms with Crippen LogP contribution in [0.1, 0.15) is 65.2 Å². The second kappa shape index (κ2) is 5.50. The van der Waals surface area contributed by atoms with Crippen molar-refractivity contribution in [1.29, 1.82) is 0 Å². The molecule has 0 aromatic heterocycles. The van der Waals surface area contributed by atoms with Crippen molar-refractivity contribution < 1.29 is 4.74 Å². The molecule has 1 unspecified atom stereocenters. The van der Waals surface area contributed by atoms with Crippen LogP contribution in [0.5, 0.6) is 0 Å². The van der Waals surface area contributed by atoms with Crippen LogP contribution in [0.15, 0.2) is 0 Å². The molecule has 0 aromatic rings. The third-order valence-corrected chi connectivity index (χ3v) is 5.40. The summed E-state index contributed by atoms with van der Waals surface area (Å²) in [4.78, 5) is 0. The van der Waals surface area contributed by atoms with Crippen molar-refractivity contribution in [2.75, 3.05) is 14.2 Å². The minimum Gasteiger partial charge on any atom is -0.377 e. The monoisotopic (exact) mass is 253 g/mol. The van der Waals surface area contributed by atoms with Gasteiger partial charge in [0, 0.05) is 13.2 Å². The summed E-state index contributed by atoms with van der Waals surface area (Å²) in [6, 6.07) is 0.541. The Hall–Kier alpha value is -0.0800. The number of likely N-dealkylation sites (N-methyl/N-ethyl adjacent to an activating group) is 1. The van der Waals surface area contributed by atoms with Crippen LogP contribution < -0.4 is 5.32 Å². The summed E-state index contributed by atoms with van der Waals surface area (Å²) in [5.74, 6) is 1.02. The van der Waals surface area contributed by atoms with Gasteiger partial charge in [0.2, 0.25) is 0 Å². The summed E-state index contributed by atoms with van der Waals surface area (Å²) in [6.45, 7) is 4.79. The molecule has 0 aromatic carbocycles. The predicted octanol–water partition coefficient (Wildman–Crippen LogP) is 3.75. The van der Waals surface area contributed by atoms with Crippen molar-refractivity contribution >= 4 is 0 Å². The van der Waals surface area contributed by atoms with Crippen molar-refractivity contribution in [2.24, 2.45) is 11.3 Å². The SMILES string of the molecule is CNC(CCC1CC1)C1(OC)CCC(C)(C)CC1. The molecule has 0 saturated heterocycles. The molecule has 2 saturated carbocycles. The fraction of sp³-hybridized carbons (Fsp3) is 1.00. The van der Waals surface area contributed by atoms with Gasteiger partial charge in [-0.1, -0.05) is 26.7 Å². The van der Waals surface area contributed by atoms with E-state index in [0.717, 1.165) is 5.92 Å². The predicted molar refractivity (Wildman–Crippen MR) is 76.8 cm³/mol. The van der Waals surface area contributed by atoms with E-state index in [1.54, 1.807) is 0 Å². The highest BCUT2D eigenvalue weighted by molar-refractivity contribution is 4.98. The molecule has 0 bridgehead atoms. The highest BCUT2D eigenvalue weighted by Gasteiger charge is 2.43. The number of methoxy groups -OCH3 is 1. The molecular weight excluding hydrogens is 222 g/mol. The molecule has 2 rings (SSSR count). The average Bonchev–Trinajstić information content (AvgIpc) is 3.16. The maximum absolute atomic E-state index is 6.02. The Morgan fingerprint density at radius 3 is 2.22 bits per heavy atom. The quantitative estimate of drug-likeness (QED) is 0.778. The van der Waals surface area contributed by atoms with Crippen LogP contribution in [0.2, 0.25) is 0 Å². The van der Waals surface area contributed by atoms with E-state index in [1.165, 1.54) is 51.4 Å². The topological polar surface area (TPSA) is 21.3 Å². The minimum absolute atomic E-state index is 0.0964. The smallest absolute Gasteiger partial charge is 0.0831 e. The van der Waals surface area contributed by atoms with Crippen LogP contribution in [0, 0.1) is 11.3 Å². The van der Waals surface area contributed by atoms with Gasteiger partial charge in [-0.25, -0.2) is 0 Å². The van der Waals surface area contributed by atoms with Gasteiger partial charge >= 0.3 is 0 Å². The van der Waals surface area contributed by atoms with E-state index < -0.39 is 0 Å². The van der Waals surface area contributed by atoms with Gasteiger partial charge in [0.25, 0.3) is 0 Å². The number of hydrogen-bond acceptors (Lipinski definition) is 2. The maximum atomic E-state index is 6.02. The van der Waals surface area contributed by atoms with Crippen molar-refractivity contribution in [1.82, 2.24) is 5.32 Å². The standard InChI is InChI=1S/C16H31NO/c1-15(2)9-11-16(18-4,12-10-15)14(17-3)8-7-13-5-6-13/h13-14,17H,5-12H2,1-4H3. The first kappa shape index (κ1) is 14.3. The molecule has 2 aliphatic rings. The summed E-state index contributed by atoms with van der Waals surface area (Å²) in [5, 5.41) is 3.55. The first-order valence-corrected chi connectivity index (χ1v) is 7.74. The Labute approximate surface area is 113 Å². The van der Waals surface area contributed by atoms with Crippen molar-refractivity contribution in [2.45, 2.75) is 76.9 Å². The van der Waals surface area contributed by atoms with E-state index in [9.17, 15) is 0 Å². The molecule has 0 radical (unpaired) electrons. The summed E-state index contributed by atoms with van der Waals surface area (Å²) in [5.41, 5.74) is 0.607. The Morgan fingerprint density at radius 2 is 1.78 bits per heavy atom. The molecule has 2 aliphatic carbocycles. The molecule has 0 heterocycles.